The molecule has 0 radical (unpaired) electrons. The van der Waals surface area contributed by atoms with Gasteiger partial charge < -0.3 is 10.5 Å². The fraction of sp³-hybridized carbons (Fsp3) is 0.500. The summed E-state index contributed by atoms with van der Waals surface area (Å²) in [6, 6.07) is 6.31. The van der Waals surface area contributed by atoms with Crippen molar-refractivity contribution >= 4 is 5.97 Å². The lowest BCUT2D eigenvalue weighted by Gasteiger charge is -2.29. The molecule has 0 heterocycles. The second-order valence-corrected chi connectivity index (χ2v) is 4.93. The molecular weight excluding hydrogens is 233 g/mol. The smallest absolute Gasteiger partial charge is 0.313 e. The molecule has 0 bridgehead atoms. The SMILES string of the molecule is COC(=O)C(CN)(Cc1cccc(F)c1)C1CC1. The van der Waals surface area contributed by atoms with E-state index >= 15 is 0 Å². The number of hydrogen-bond acceptors (Lipinski definition) is 3. The van der Waals surface area contributed by atoms with Gasteiger partial charge in [-0.05, 0) is 42.9 Å². The third-order valence-electron chi connectivity index (χ3n) is 3.72. The van der Waals surface area contributed by atoms with E-state index in [1.54, 1.807) is 6.07 Å². The zero-order valence-corrected chi connectivity index (χ0v) is 10.5. The monoisotopic (exact) mass is 251 g/mol. The van der Waals surface area contributed by atoms with Crippen LogP contribution >= 0.6 is 0 Å². The molecule has 0 aliphatic heterocycles. The molecule has 0 amide bonds. The molecular formula is C14H18FNO2. The molecule has 2 rings (SSSR count). The van der Waals surface area contributed by atoms with Gasteiger partial charge in [0.25, 0.3) is 0 Å². The van der Waals surface area contributed by atoms with Crippen molar-refractivity contribution in [2.75, 3.05) is 13.7 Å². The third kappa shape index (κ3) is 2.38. The Morgan fingerprint density at radius 1 is 1.56 bits per heavy atom. The number of halogens is 1. The van der Waals surface area contributed by atoms with Crippen molar-refractivity contribution in [2.24, 2.45) is 17.1 Å². The van der Waals surface area contributed by atoms with Crippen LogP contribution in [-0.2, 0) is 16.0 Å². The third-order valence-corrected chi connectivity index (χ3v) is 3.72. The van der Waals surface area contributed by atoms with Crippen LogP contribution < -0.4 is 5.73 Å². The van der Waals surface area contributed by atoms with Gasteiger partial charge in [-0.1, -0.05) is 12.1 Å². The van der Waals surface area contributed by atoms with E-state index in [1.165, 1.54) is 19.2 Å². The maximum absolute atomic E-state index is 13.2. The molecule has 1 unspecified atom stereocenters. The average molecular weight is 251 g/mol. The molecule has 0 saturated heterocycles. The fourth-order valence-corrected chi connectivity index (χ4v) is 2.56. The first-order chi connectivity index (χ1) is 8.62. The second kappa shape index (κ2) is 5.06. The molecule has 2 N–H and O–H groups in total. The number of benzene rings is 1. The lowest BCUT2D eigenvalue weighted by Crippen LogP contribution is -2.43. The van der Waals surface area contributed by atoms with Gasteiger partial charge in [0.1, 0.15) is 5.82 Å². The number of nitrogens with two attached hydrogens (primary N) is 1. The van der Waals surface area contributed by atoms with Crippen LogP contribution in [0.1, 0.15) is 18.4 Å². The van der Waals surface area contributed by atoms with Gasteiger partial charge in [-0.2, -0.15) is 0 Å². The molecule has 0 spiro atoms. The number of ether oxygens (including phenoxy) is 1. The van der Waals surface area contributed by atoms with Crippen LogP contribution in [0.5, 0.6) is 0 Å². The first-order valence-corrected chi connectivity index (χ1v) is 6.15. The summed E-state index contributed by atoms with van der Waals surface area (Å²) in [5.41, 5.74) is 5.91. The zero-order chi connectivity index (χ0) is 13.2. The van der Waals surface area contributed by atoms with Crippen molar-refractivity contribution in [2.45, 2.75) is 19.3 Å². The summed E-state index contributed by atoms with van der Waals surface area (Å²) in [4.78, 5) is 12.0. The number of esters is 1. The van der Waals surface area contributed by atoms with E-state index in [2.05, 4.69) is 0 Å². The number of rotatable bonds is 5. The summed E-state index contributed by atoms with van der Waals surface area (Å²) in [7, 11) is 1.38. The van der Waals surface area contributed by atoms with Gasteiger partial charge in [-0.3, -0.25) is 4.79 Å². The Labute approximate surface area is 106 Å². The predicted octanol–water partition coefficient (Wildman–Crippen LogP) is 1.90. The Hall–Kier alpha value is -1.42. The molecule has 1 atom stereocenters. The van der Waals surface area contributed by atoms with Crippen LogP contribution in [0.2, 0.25) is 0 Å². The highest BCUT2D eigenvalue weighted by Crippen LogP contribution is 2.47. The van der Waals surface area contributed by atoms with E-state index in [4.69, 9.17) is 10.5 Å². The summed E-state index contributed by atoms with van der Waals surface area (Å²) < 4.78 is 18.1. The van der Waals surface area contributed by atoms with E-state index in [0.717, 1.165) is 18.4 Å². The van der Waals surface area contributed by atoms with Gasteiger partial charge in [0.2, 0.25) is 0 Å². The zero-order valence-electron chi connectivity index (χ0n) is 10.5. The predicted molar refractivity (Wildman–Crippen MR) is 66.3 cm³/mol. The van der Waals surface area contributed by atoms with Crippen molar-refractivity contribution < 1.29 is 13.9 Å². The molecule has 0 aromatic heterocycles. The average Bonchev–Trinajstić information content (AvgIpc) is 3.19. The summed E-state index contributed by atoms with van der Waals surface area (Å²) in [5.74, 6) is -0.311. The number of carbonyl (C=O) groups is 1. The normalized spacial score (nSPS) is 18.2. The van der Waals surface area contributed by atoms with Crippen molar-refractivity contribution in [3.63, 3.8) is 0 Å². The van der Waals surface area contributed by atoms with Crippen LogP contribution in [0.3, 0.4) is 0 Å². The lowest BCUT2D eigenvalue weighted by atomic mass is 9.77. The highest BCUT2D eigenvalue weighted by atomic mass is 19.1. The van der Waals surface area contributed by atoms with Gasteiger partial charge in [0.15, 0.2) is 0 Å². The Morgan fingerprint density at radius 3 is 2.78 bits per heavy atom. The van der Waals surface area contributed by atoms with Gasteiger partial charge in [-0.15, -0.1) is 0 Å². The Kier molecular flexibility index (Phi) is 3.66. The van der Waals surface area contributed by atoms with E-state index in [9.17, 15) is 9.18 Å². The van der Waals surface area contributed by atoms with Crippen molar-refractivity contribution in [3.05, 3.63) is 35.6 Å². The molecule has 1 aliphatic rings. The number of hydrogen-bond donors (Lipinski definition) is 1. The molecule has 1 aromatic carbocycles. The topological polar surface area (TPSA) is 52.3 Å². The number of methoxy groups -OCH3 is 1. The molecule has 1 saturated carbocycles. The minimum absolute atomic E-state index is 0.237. The number of carbonyl (C=O) groups excluding carboxylic acids is 1. The van der Waals surface area contributed by atoms with Gasteiger partial charge >= 0.3 is 5.97 Å². The van der Waals surface area contributed by atoms with Gasteiger partial charge in [-0.25, -0.2) is 4.39 Å². The fourth-order valence-electron chi connectivity index (χ4n) is 2.56. The van der Waals surface area contributed by atoms with E-state index < -0.39 is 5.41 Å². The van der Waals surface area contributed by atoms with E-state index in [1.807, 2.05) is 6.07 Å². The van der Waals surface area contributed by atoms with E-state index in [-0.39, 0.29) is 24.2 Å². The molecule has 1 aromatic rings. The van der Waals surface area contributed by atoms with Crippen molar-refractivity contribution in [3.8, 4) is 0 Å². The molecule has 4 heteroatoms. The Balaban J connectivity index is 2.27. The van der Waals surface area contributed by atoms with Gasteiger partial charge in [0.05, 0.1) is 12.5 Å². The first-order valence-electron chi connectivity index (χ1n) is 6.15. The molecule has 1 fully saturated rings. The maximum atomic E-state index is 13.2. The summed E-state index contributed by atoms with van der Waals surface area (Å²) in [6.07, 6.45) is 2.42. The first kappa shape index (κ1) is 13.0. The lowest BCUT2D eigenvalue weighted by molar-refractivity contribution is -0.153. The molecule has 98 valence electrons. The summed E-state index contributed by atoms with van der Waals surface area (Å²) >= 11 is 0. The summed E-state index contributed by atoms with van der Waals surface area (Å²) in [6.45, 7) is 0.237. The Bertz CT molecular complexity index is 445. The van der Waals surface area contributed by atoms with E-state index in [0.29, 0.717) is 6.42 Å². The molecule has 18 heavy (non-hydrogen) atoms. The van der Waals surface area contributed by atoms with Crippen LogP contribution in [0.15, 0.2) is 24.3 Å². The van der Waals surface area contributed by atoms with Gasteiger partial charge in [0, 0.05) is 6.54 Å². The van der Waals surface area contributed by atoms with Crippen molar-refractivity contribution in [1.29, 1.82) is 0 Å². The largest absolute Gasteiger partial charge is 0.469 e. The van der Waals surface area contributed by atoms with Crippen molar-refractivity contribution in [1.82, 2.24) is 0 Å². The van der Waals surface area contributed by atoms with Crippen LogP contribution in [0.25, 0.3) is 0 Å². The molecule has 1 aliphatic carbocycles. The maximum Gasteiger partial charge on any atom is 0.313 e. The van der Waals surface area contributed by atoms with Crippen LogP contribution in [-0.4, -0.2) is 19.6 Å². The minimum Gasteiger partial charge on any atom is -0.469 e. The highest BCUT2D eigenvalue weighted by molar-refractivity contribution is 5.78. The highest BCUT2D eigenvalue weighted by Gasteiger charge is 2.50. The Morgan fingerprint density at radius 2 is 2.28 bits per heavy atom. The van der Waals surface area contributed by atoms with Crippen LogP contribution in [0, 0.1) is 17.2 Å². The minimum atomic E-state index is -0.692. The van der Waals surface area contributed by atoms with Crippen LogP contribution in [0.4, 0.5) is 4.39 Å². The molecule has 3 nitrogen and oxygen atoms in total. The quantitative estimate of drug-likeness (QED) is 0.813. The second-order valence-electron chi connectivity index (χ2n) is 4.93. The summed E-state index contributed by atoms with van der Waals surface area (Å²) in [5, 5.41) is 0. The standard InChI is InChI=1S/C14H18FNO2/c1-18-13(17)14(9-16,11-5-6-11)8-10-3-2-4-12(15)7-10/h2-4,7,11H,5-6,8-9,16H2,1H3.